The molecular weight excluding hydrogens is 386 g/mol. The molecule has 0 saturated heterocycles. The molecule has 2 aromatic rings. The number of hydrogen-bond donors (Lipinski definition) is 1. The summed E-state index contributed by atoms with van der Waals surface area (Å²) in [5, 5.41) is 3.41. The van der Waals surface area contributed by atoms with Crippen LogP contribution in [-0.4, -0.2) is 53.8 Å². The zero-order valence-electron chi connectivity index (χ0n) is 16.5. The number of carbonyl (C=O) groups excluding carboxylic acids is 2. The van der Waals surface area contributed by atoms with Gasteiger partial charge >= 0.3 is 0 Å². The van der Waals surface area contributed by atoms with E-state index in [1.807, 2.05) is 11.9 Å². The fourth-order valence-electron chi connectivity index (χ4n) is 3.85. The molecule has 1 N–H and O–H groups in total. The SMILES string of the molecule is CN1C[S+]([O-])c2cc(CCNCCCCN3C(=O)c4ccccc4C3=O)ccc21. The van der Waals surface area contributed by atoms with Crippen LogP contribution in [0.15, 0.2) is 47.4 Å². The normalized spacial score (nSPS) is 17.8. The molecule has 0 aromatic heterocycles. The predicted octanol–water partition coefficient (Wildman–Crippen LogP) is 2.41. The van der Waals surface area contributed by atoms with Crippen molar-refractivity contribution >= 4 is 28.7 Å². The lowest BCUT2D eigenvalue weighted by Gasteiger charge is -2.13. The summed E-state index contributed by atoms with van der Waals surface area (Å²) in [5.74, 6) is 0.209. The van der Waals surface area contributed by atoms with Gasteiger partial charge in [-0.3, -0.25) is 14.5 Å². The van der Waals surface area contributed by atoms with Crippen molar-refractivity contribution in [1.82, 2.24) is 10.2 Å². The molecule has 0 spiro atoms. The van der Waals surface area contributed by atoms with Gasteiger partial charge in [0.1, 0.15) is 0 Å². The lowest BCUT2D eigenvalue weighted by atomic mass is 10.1. The molecule has 0 aliphatic carbocycles. The van der Waals surface area contributed by atoms with Crippen LogP contribution >= 0.6 is 0 Å². The number of rotatable bonds is 8. The topological polar surface area (TPSA) is 75.7 Å². The molecule has 2 heterocycles. The van der Waals surface area contributed by atoms with Gasteiger partial charge in [0, 0.05) is 24.8 Å². The molecular formula is C22H25N3O3S. The predicted molar refractivity (Wildman–Crippen MR) is 114 cm³/mol. The quantitative estimate of drug-likeness (QED) is 0.410. The van der Waals surface area contributed by atoms with Crippen molar-refractivity contribution in [1.29, 1.82) is 0 Å². The first-order valence-electron chi connectivity index (χ1n) is 9.94. The fraction of sp³-hybridized carbons (Fsp3) is 0.364. The highest BCUT2D eigenvalue weighted by atomic mass is 32.2. The Kier molecular flexibility index (Phi) is 5.89. The molecule has 2 aliphatic heterocycles. The summed E-state index contributed by atoms with van der Waals surface area (Å²) in [6.07, 6.45) is 2.56. The van der Waals surface area contributed by atoms with Crippen LogP contribution in [0.1, 0.15) is 39.1 Å². The molecule has 2 aliphatic rings. The molecule has 1 unspecified atom stereocenters. The highest BCUT2D eigenvalue weighted by Gasteiger charge is 2.34. The van der Waals surface area contributed by atoms with Crippen LogP contribution in [0.4, 0.5) is 5.69 Å². The van der Waals surface area contributed by atoms with E-state index >= 15 is 0 Å². The van der Waals surface area contributed by atoms with E-state index in [4.69, 9.17) is 0 Å². The summed E-state index contributed by atoms with van der Waals surface area (Å²) in [6.45, 7) is 2.13. The van der Waals surface area contributed by atoms with E-state index in [0.29, 0.717) is 23.5 Å². The van der Waals surface area contributed by atoms with E-state index in [-0.39, 0.29) is 11.8 Å². The molecule has 2 aromatic carbocycles. The molecule has 7 heteroatoms. The first-order chi connectivity index (χ1) is 14.1. The lowest BCUT2D eigenvalue weighted by Crippen LogP contribution is -2.31. The van der Waals surface area contributed by atoms with E-state index in [1.165, 1.54) is 10.5 Å². The molecule has 6 nitrogen and oxygen atoms in total. The van der Waals surface area contributed by atoms with E-state index in [2.05, 4.69) is 23.5 Å². The second-order valence-corrected chi connectivity index (χ2v) is 8.88. The summed E-state index contributed by atoms with van der Waals surface area (Å²) in [6, 6.07) is 13.2. The minimum Gasteiger partial charge on any atom is -0.610 e. The van der Waals surface area contributed by atoms with Crippen molar-refractivity contribution in [3.63, 3.8) is 0 Å². The Morgan fingerprint density at radius 2 is 1.76 bits per heavy atom. The largest absolute Gasteiger partial charge is 0.610 e. The van der Waals surface area contributed by atoms with Crippen LogP contribution in [0.25, 0.3) is 0 Å². The van der Waals surface area contributed by atoms with E-state index < -0.39 is 11.2 Å². The van der Waals surface area contributed by atoms with Crippen molar-refractivity contribution in [3.05, 3.63) is 59.2 Å². The fourth-order valence-corrected chi connectivity index (χ4v) is 5.22. The number of nitrogens with zero attached hydrogens (tertiary/aromatic N) is 2. The van der Waals surface area contributed by atoms with Crippen LogP contribution in [0, 0.1) is 0 Å². The lowest BCUT2D eigenvalue weighted by molar-refractivity contribution is 0.0651. The van der Waals surface area contributed by atoms with Gasteiger partial charge in [-0.25, -0.2) is 0 Å². The monoisotopic (exact) mass is 411 g/mol. The average Bonchev–Trinajstić information content (AvgIpc) is 3.15. The van der Waals surface area contributed by atoms with E-state index in [9.17, 15) is 14.1 Å². The third-order valence-corrected chi connectivity index (χ3v) is 6.88. The molecule has 0 saturated carbocycles. The van der Waals surface area contributed by atoms with Crippen molar-refractivity contribution in [2.75, 3.05) is 37.5 Å². The van der Waals surface area contributed by atoms with Crippen molar-refractivity contribution < 1.29 is 14.1 Å². The second kappa shape index (κ2) is 8.57. The number of hydrogen-bond acceptors (Lipinski definition) is 5. The summed E-state index contributed by atoms with van der Waals surface area (Å²) in [5.41, 5.74) is 3.27. The van der Waals surface area contributed by atoms with Gasteiger partial charge in [0.15, 0.2) is 10.8 Å². The van der Waals surface area contributed by atoms with Gasteiger partial charge in [0.25, 0.3) is 11.8 Å². The van der Waals surface area contributed by atoms with Crippen LogP contribution in [0.2, 0.25) is 0 Å². The van der Waals surface area contributed by atoms with Gasteiger partial charge < -0.3 is 14.8 Å². The number of benzene rings is 2. The van der Waals surface area contributed by atoms with Crippen molar-refractivity contribution in [2.24, 2.45) is 0 Å². The number of carbonyl (C=O) groups is 2. The van der Waals surface area contributed by atoms with Crippen LogP contribution < -0.4 is 10.2 Å². The van der Waals surface area contributed by atoms with Gasteiger partial charge in [-0.1, -0.05) is 18.2 Å². The number of anilines is 1. The van der Waals surface area contributed by atoms with E-state index in [1.54, 1.807) is 24.3 Å². The van der Waals surface area contributed by atoms with Gasteiger partial charge in [-0.05, 0) is 62.2 Å². The number of fused-ring (bicyclic) bond motifs is 2. The Hall–Kier alpha value is -2.35. The van der Waals surface area contributed by atoms with Gasteiger partial charge in [0.05, 0.1) is 16.8 Å². The summed E-state index contributed by atoms with van der Waals surface area (Å²) in [7, 11) is 1.97. The molecule has 2 amide bonds. The summed E-state index contributed by atoms with van der Waals surface area (Å²) < 4.78 is 12.1. The number of unbranched alkanes of at least 4 members (excludes halogenated alkanes) is 1. The Labute approximate surface area is 174 Å². The number of imide groups is 1. The molecule has 0 fully saturated rings. The molecule has 0 bridgehead atoms. The standard InChI is InChI=1S/C22H25N3O3S/c1-24-15-29(28)20-14-16(8-9-19(20)24)10-12-23-11-4-5-13-25-21(26)17-6-2-3-7-18(17)22(25)27/h2-3,6-9,14,23H,4-5,10-13,15H2,1H3. The van der Waals surface area contributed by atoms with Crippen LogP contribution in [-0.2, 0) is 17.6 Å². The second-order valence-electron chi connectivity index (χ2n) is 7.49. The van der Waals surface area contributed by atoms with Crippen molar-refractivity contribution in [3.8, 4) is 0 Å². The van der Waals surface area contributed by atoms with Crippen molar-refractivity contribution in [2.45, 2.75) is 24.2 Å². The molecule has 4 rings (SSSR count). The maximum absolute atomic E-state index is 12.3. The third-order valence-electron chi connectivity index (χ3n) is 5.45. The molecule has 1 atom stereocenters. The molecule has 152 valence electrons. The maximum atomic E-state index is 12.3. The molecule has 0 radical (unpaired) electrons. The first kappa shape index (κ1) is 19.9. The smallest absolute Gasteiger partial charge is 0.261 e. The minimum absolute atomic E-state index is 0.182. The van der Waals surface area contributed by atoms with Gasteiger partial charge in [-0.15, -0.1) is 0 Å². The Morgan fingerprint density at radius 3 is 2.48 bits per heavy atom. The third kappa shape index (κ3) is 4.03. The van der Waals surface area contributed by atoms with Gasteiger partial charge in [0.2, 0.25) is 0 Å². The number of amides is 2. The average molecular weight is 412 g/mol. The Bertz CT molecular complexity index is 898. The highest BCUT2D eigenvalue weighted by Crippen LogP contribution is 2.33. The van der Waals surface area contributed by atoms with Crippen LogP contribution in [0.5, 0.6) is 0 Å². The zero-order chi connectivity index (χ0) is 20.4. The highest BCUT2D eigenvalue weighted by molar-refractivity contribution is 7.92. The Balaban J connectivity index is 1.16. The molecule has 29 heavy (non-hydrogen) atoms. The van der Waals surface area contributed by atoms with Crippen LogP contribution in [0.3, 0.4) is 0 Å². The Morgan fingerprint density at radius 1 is 1.03 bits per heavy atom. The first-order valence-corrected chi connectivity index (χ1v) is 11.3. The zero-order valence-corrected chi connectivity index (χ0v) is 17.3. The summed E-state index contributed by atoms with van der Waals surface area (Å²) in [4.78, 5) is 29.0. The number of nitrogens with one attached hydrogen (secondary N) is 1. The van der Waals surface area contributed by atoms with E-state index in [0.717, 1.165) is 42.9 Å². The minimum atomic E-state index is -0.926. The maximum Gasteiger partial charge on any atom is 0.261 e. The summed E-state index contributed by atoms with van der Waals surface area (Å²) >= 11 is -0.926. The van der Waals surface area contributed by atoms with Gasteiger partial charge in [-0.2, -0.15) is 0 Å².